The summed E-state index contributed by atoms with van der Waals surface area (Å²) in [5.41, 5.74) is 1.23. The van der Waals surface area contributed by atoms with Crippen LogP contribution in [0, 0.1) is 0 Å². The molecule has 136 valence electrons. The van der Waals surface area contributed by atoms with Crippen LogP contribution < -0.4 is 15.4 Å². The molecule has 26 heavy (non-hydrogen) atoms. The van der Waals surface area contributed by atoms with Gasteiger partial charge in [0, 0.05) is 18.3 Å². The Kier molecular flexibility index (Phi) is 6.73. The molecule has 0 aliphatic carbocycles. The van der Waals surface area contributed by atoms with E-state index < -0.39 is 18.5 Å². The van der Waals surface area contributed by atoms with Crippen molar-refractivity contribution in [2.75, 3.05) is 25.6 Å². The van der Waals surface area contributed by atoms with E-state index in [1.54, 1.807) is 48.5 Å². The minimum Gasteiger partial charge on any atom is -0.493 e. The molecule has 0 fully saturated rings. The number of esters is 1. The van der Waals surface area contributed by atoms with Crippen LogP contribution in [0.15, 0.2) is 48.5 Å². The predicted octanol–water partition coefficient (Wildman–Crippen LogP) is 2.24. The molecular weight excluding hydrogens is 336 g/mol. The first-order chi connectivity index (χ1) is 12.5. The van der Waals surface area contributed by atoms with Crippen LogP contribution >= 0.6 is 0 Å². The van der Waals surface area contributed by atoms with Crippen molar-refractivity contribution in [1.82, 2.24) is 5.32 Å². The molecule has 7 heteroatoms. The summed E-state index contributed by atoms with van der Waals surface area (Å²) in [6.45, 7) is 1.79. The van der Waals surface area contributed by atoms with Crippen LogP contribution in [-0.4, -0.2) is 38.0 Å². The fourth-order valence-electron chi connectivity index (χ4n) is 2.17. The summed E-state index contributed by atoms with van der Waals surface area (Å²) < 4.78 is 10.4. The molecular formula is C19H20N2O5. The number of nitrogens with one attached hydrogen (secondary N) is 2. The van der Waals surface area contributed by atoms with E-state index in [-0.39, 0.29) is 11.5 Å². The molecule has 0 atom stereocenters. The molecule has 0 aliphatic heterocycles. The van der Waals surface area contributed by atoms with Crippen molar-refractivity contribution < 1.29 is 23.9 Å². The molecule has 2 aromatic rings. The lowest BCUT2D eigenvalue weighted by Gasteiger charge is -2.10. The van der Waals surface area contributed by atoms with Crippen molar-refractivity contribution in [2.45, 2.75) is 6.92 Å². The van der Waals surface area contributed by atoms with Crippen LogP contribution in [0.2, 0.25) is 0 Å². The lowest BCUT2D eigenvalue weighted by atomic mass is 10.2. The molecule has 0 aromatic heterocycles. The first-order valence-corrected chi connectivity index (χ1v) is 8.06. The van der Waals surface area contributed by atoms with Crippen molar-refractivity contribution in [2.24, 2.45) is 0 Å². The number of ether oxygens (including phenoxy) is 2. The Morgan fingerprint density at radius 2 is 1.69 bits per heavy atom. The number of carbonyl (C=O) groups is 3. The fraction of sp³-hybridized carbons (Fsp3) is 0.211. The summed E-state index contributed by atoms with van der Waals surface area (Å²) in [5, 5.41) is 5.10. The Labute approximate surface area is 151 Å². The van der Waals surface area contributed by atoms with Gasteiger partial charge in [-0.25, -0.2) is 4.79 Å². The topological polar surface area (TPSA) is 93.7 Å². The number of carbonyl (C=O) groups excluding carboxylic acids is 3. The molecule has 0 saturated heterocycles. The summed E-state index contributed by atoms with van der Waals surface area (Å²) in [6.07, 6.45) is 0. The second kappa shape index (κ2) is 9.22. The molecule has 0 spiro atoms. The zero-order valence-corrected chi connectivity index (χ0v) is 14.6. The van der Waals surface area contributed by atoms with Crippen molar-refractivity contribution >= 4 is 23.5 Å². The monoisotopic (exact) mass is 356 g/mol. The van der Waals surface area contributed by atoms with E-state index in [0.29, 0.717) is 23.6 Å². The highest BCUT2D eigenvalue weighted by Crippen LogP contribution is 2.19. The Balaban J connectivity index is 1.90. The Bertz CT molecular complexity index is 787. The second-order valence-corrected chi connectivity index (χ2v) is 5.21. The fourth-order valence-corrected chi connectivity index (χ4v) is 2.17. The Hall–Kier alpha value is -3.35. The number of hydrogen-bond acceptors (Lipinski definition) is 5. The van der Waals surface area contributed by atoms with Crippen molar-refractivity contribution in [3.05, 3.63) is 59.7 Å². The van der Waals surface area contributed by atoms with Crippen LogP contribution in [0.3, 0.4) is 0 Å². The van der Waals surface area contributed by atoms with Gasteiger partial charge in [0.25, 0.3) is 11.8 Å². The zero-order valence-electron chi connectivity index (χ0n) is 14.6. The third-order valence-corrected chi connectivity index (χ3v) is 3.40. The van der Waals surface area contributed by atoms with E-state index in [0.717, 1.165) is 0 Å². The lowest BCUT2D eigenvalue weighted by Crippen LogP contribution is -2.21. The zero-order chi connectivity index (χ0) is 18.9. The number of hydrogen-bond donors (Lipinski definition) is 2. The molecule has 0 heterocycles. The minimum atomic E-state index is -0.640. The van der Waals surface area contributed by atoms with Crippen molar-refractivity contribution in [3.63, 3.8) is 0 Å². The maximum absolute atomic E-state index is 12.1. The molecule has 2 amide bonds. The molecule has 0 saturated carbocycles. The maximum atomic E-state index is 12.1. The minimum absolute atomic E-state index is 0.218. The highest BCUT2D eigenvalue weighted by molar-refractivity contribution is 5.97. The average Bonchev–Trinajstić information content (AvgIpc) is 2.67. The van der Waals surface area contributed by atoms with Gasteiger partial charge in [0.05, 0.1) is 6.61 Å². The normalized spacial score (nSPS) is 9.92. The molecule has 0 bridgehead atoms. The van der Waals surface area contributed by atoms with E-state index in [9.17, 15) is 14.4 Å². The molecule has 2 N–H and O–H groups in total. The van der Waals surface area contributed by atoms with Crippen LogP contribution in [0.5, 0.6) is 5.75 Å². The van der Waals surface area contributed by atoms with Gasteiger partial charge in [0.15, 0.2) is 6.61 Å². The number of para-hydroxylation sites is 1. The third-order valence-electron chi connectivity index (χ3n) is 3.40. The maximum Gasteiger partial charge on any atom is 0.342 e. The Morgan fingerprint density at radius 3 is 2.35 bits per heavy atom. The van der Waals surface area contributed by atoms with Crippen LogP contribution in [0.4, 0.5) is 5.69 Å². The average molecular weight is 356 g/mol. The molecule has 2 rings (SSSR count). The standard InChI is InChI=1S/C19H20N2O5/c1-3-25-16-7-5-4-6-15(16)19(24)26-12-17(22)21-14-10-8-13(9-11-14)18(23)20-2/h4-11H,3,12H2,1-2H3,(H,20,23)(H,21,22). The summed E-state index contributed by atoms with van der Waals surface area (Å²) in [7, 11) is 1.54. The quantitative estimate of drug-likeness (QED) is 0.742. The summed E-state index contributed by atoms with van der Waals surface area (Å²) in [5.74, 6) is -0.936. The predicted molar refractivity (Wildman–Crippen MR) is 96.4 cm³/mol. The number of amides is 2. The Morgan fingerprint density at radius 1 is 1.00 bits per heavy atom. The van der Waals surface area contributed by atoms with Crippen LogP contribution in [0.1, 0.15) is 27.6 Å². The molecule has 0 aliphatic rings. The number of anilines is 1. The molecule has 0 radical (unpaired) electrons. The lowest BCUT2D eigenvalue weighted by molar-refractivity contribution is -0.119. The number of benzene rings is 2. The van der Waals surface area contributed by atoms with Gasteiger partial charge in [-0.1, -0.05) is 12.1 Å². The molecule has 7 nitrogen and oxygen atoms in total. The van der Waals surface area contributed by atoms with Gasteiger partial charge >= 0.3 is 5.97 Å². The van der Waals surface area contributed by atoms with Crippen LogP contribution in [-0.2, 0) is 9.53 Å². The summed E-state index contributed by atoms with van der Waals surface area (Å²) in [4.78, 5) is 35.5. The summed E-state index contributed by atoms with van der Waals surface area (Å²) in [6, 6.07) is 13.0. The molecule has 2 aromatic carbocycles. The first kappa shape index (κ1) is 19.0. The second-order valence-electron chi connectivity index (χ2n) is 5.21. The van der Waals surface area contributed by atoms with E-state index in [1.165, 1.54) is 7.05 Å². The first-order valence-electron chi connectivity index (χ1n) is 8.06. The van der Waals surface area contributed by atoms with E-state index in [2.05, 4.69) is 10.6 Å². The van der Waals surface area contributed by atoms with Gasteiger partial charge in [0.2, 0.25) is 0 Å². The van der Waals surface area contributed by atoms with Gasteiger partial charge < -0.3 is 20.1 Å². The van der Waals surface area contributed by atoms with Gasteiger partial charge in [0.1, 0.15) is 11.3 Å². The van der Waals surface area contributed by atoms with E-state index >= 15 is 0 Å². The van der Waals surface area contributed by atoms with Gasteiger partial charge in [-0.05, 0) is 43.3 Å². The smallest absolute Gasteiger partial charge is 0.342 e. The van der Waals surface area contributed by atoms with E-state index in [1.807, 2.05) is 6.92 Å². The van der Waals surface area contributed by atoms with Gasteiger partial charge in [-0.2, -0.15) is 0 Å². The largest absolute Gasteiger partial charge is 0.493 e. The van der Waals surface area contributed by atoms with Crippen molar-refractivity contribution in [1.29, 1.82) is 0 Å². The van der Waals surface area contributed by atoms with Gasteiger partial charge in [-0.3, -0.25) is 9.59 Å². The SMILES string of the molecule is CCOc1ccccc1C(=O)OCC(=O)Nc1ccc(C(=O)NC)cc1. The highest BCUT2D eigenvalue weighted by Gasteiger charge is 2.15. The van der Waals surface area contributed by atoms with E-state index in [4.69, 9.17) is 9.47 Å². The van der Waals surface area contributed by atoms with Crippen LogP contribution in [0.25, 0.3) is 0 Å². The molecule has 0 unspecified atom stereocenters. The summed E-state index contributed by atoms with van der Waals surface area (Å²) >= 11 is 0. The van der Waals surface area contributed by atoms with Gasteiger partial charge in [-0.15, -0.1) is 0 Å². The third kappa shape index (κ3) is 5.07. The number of rotatable bonds is 7. The highest BCUT2D eigenvalue weighted by atomic mass is 16.5. The van der Waals surface area contributed by atoms with Crippen molar-refractivity contribution in [3.8, 4) is 5.75 Å².